The van der Waals surface area contributed by atoms with Crippen LogP contribution in [0.2, 0.25) is 5.02 Å². The summed E-state index contributed by atoms with van der Waals surface area (Å²) in [6.07, 6.45) is 0.736. The van der Waals surface area contributed by atoms with E-state index in [1.807, 2.05) is 6.92 Å². The molecule has 202 valence electrons. The van der Waals surface area contributed by atoms with Crippen LogP contribution in [-0.4, -0.2) is 51.4 Å². The van der Waals surface area contributed by atoms with Gasteiger partial charge in [-0.2, -0.15) is 0 Å². The molecule has 1 atom stereocenters. The van der Waals surface area contributed by atoms with Gasteiger partial charge in [-0.25, -0.2) is 8.42 Å². The Hall–Kier alpha value is -3.56. The number of amides is 2. The summed E-state index contributed by atoms with van der Waals surface area (Å²) in [5.41, 5.74) is 0.965. The molecule has 3 aromatic rings. The predicted molar refractivity (Wildman–Crippen MR) is 149 cm³/mol. The maximum atomic E-state index is 13.8. The topological polar surface area (TPSA) is 96.0 Å². The number of ether oxygens (including phenoxy) is 1. The first kappa shape index (κ1) is 29.0. The van der Waals surface area contributed by atoms with Gasteiger partial charge >= 0.3 is 0 Å². The molecule has 0 fully saturated rings. The first-order valence-corrected chi connectivity index (χ1v) is 14.0. The highest BCUT2D eigenvalue weighted by Crippen LogP contribution is 2.27. The summed E-state index contributed by atoms with van der Waals surface area (Å²) >= 11 is 6.16. The third-order valence-electron chi connectivity index (χ3n) is 5.91. The van der Waals surface area contributed by atoms with Crippen molar-refractivity contribution in [3.63, 3.8) is 0 Å². The van der Waals surface area contributed by atoms with Crippen LogP contribution in [0.3, 0.4) is 0 Å². The maximum absolute atomic E-state index is 13.8. The number of benzene rings is 3. The summed E-state index contributed by atoms with van der Waals surface area (Å²) in [4.78, 5) is 28.1. The molecule has 3 rings (SSSR count). The fraction of sp³-hybridized carbons (Fsp3) is 0.286. The first-order valence-electron chi connectivity index (χ1n) is 12.2. The SMILES string of the molecule is CCCNC(=O)C(C)N(Cc1cccc(Cl)c1)C(=O)CN(c1cccc(OC)c1)S(=O)(=O)c1ccccc1. The Labute approximate surface area is 229 Å². The lowest BCUT2D eigenvalue weighted by atomic mass is 10.1. The predicted octanol–water partition coefficient (Wildman–Crippen LogP) is 4.49. The Balaban J connectivity index is 2.03. The summed E-state index contributed by atoms with van der Waals surface area (Å²) in [5.74, 6) is -0.446. The van der Waals surface area contributed by atoms with Crippen molar-refractivity contribution in [2.45, 2.75) is 37.8 Å². The minimum atomic E-state index is -4.14. The molecule has 38 heavy (non-hydrogen) atoms. The van der Waals surface area contributed by atoms with E-state index in [0.29, 0.717) is 22.9 Å². The van der Waals surface area contributed by atoms with Crippen LogP contribution < -0.4 is 14.4 Å². The van der Waals surface area contributed by atoms with Gasteiger partial charge < -0.3 is 15.0 Å². The van der Waals surface area contributed by atoms with Crippen molar-refractivity contribution >= 4 is 39.1 Å². The number of hydrogen-bond donors (Lipinski definition) is 1. The van der Waals surface area contributed by atoms with E-state index < -0.39 is 28.5 Å². The molecular formula is C28H32ClN3O5S. The van der Waals surface area contributed by atoms with Gasteiger partial charge in [-0.05, 0) is 55.3 Å². The van der Waals surface area contributed by atoms with E-state index in [9.17, 15) is 18.0 Å². The average Bonchev–Trinajstić information content (AvgIpc) is 2.93. The van der Waals surface area contributed by atoms with Crippen molar-refractivity contribution in [3.8, 4) is 5.75 Å². The summed E-state index contributed by atoms with van der Waals surface area (Å²) in [5, 5.41) is 3.30. The lowest BCUT2D eigenvalue weighted by Gasteiger charge is -2.32. The van der Waals surface area contributed by atoms with Crippen LogP contribution in [0.5, 0.6) is 5.75 Å². The second-order valence-corrected chi connectivity index (χ2v) is 10.9. The van der Waals surface area contributed by atoms with E-state index in [0.717, 1.165) is 10.7 Å². The van der Waals surface area contributed by atoms with Gasteiger partial charge in [0, 0.05) is 24.2 Å². The fourth-order valence-corrected chi connectivity index (χ4v) is 5.46. The van der Waals surface area contributed by atoms with Gasteiger partial charge in [0.15, 0.2) is 0 Å². The van der Waals surface area contributed by atoms with E-state index >= 15 is 0 Å². The number of nitrogens with zero attached hydrogens (tertiary/aromatic N) is 2. The molecule has 3 aromatic carbocycles. The Bertz CT molecular complexity index is 1350. The number of hydrogen-bond acceptors (Lipinski definition) is 5. The molecular weight excluding hydrogens is 526 g/mol. The van der Waals surface area contributed by atoms with Crippen molar-refractivity contribution in [1.29, 1.82) is 0 Å². The van der Waals surface area contributed by atoms with Gasteiger partial charge in [-0.3, -0.25) is 13.9 Å². The Morgan fingerprint density at radius 1 is 1.00 bits per heavy atom. The van der Waals surface area contributed by atoms with Gasteiger partial charge in [-0.1, -0.05) is 54.9 Å². The molecule has 0 saturated heterocycles. The molecule has 2 amide bonds. The second kappa shape index (κ2) is 13.3. The summed E-state index contributed by atoms with van der Waals surface area (Å²) in [6.45, 7) is 3.55. The number of anilines is 1. The molecule has 0 aliphatic carbocycles. The zero-order valence-corrected chi connectivity index (χ0v) is 23.2. The summed E-state index contributed by atoms with van der Waals surface area (Å²) in [7, 11) is -2.66. The molecule has 0 aromatic heterocycles. The lowest BCUT2D eigenvalue weighted by molar-refractivity contribution is -0.139. The lowest BCUT2D eigenvalue weighted by Crippen LogP contribution is -2.51. The van der Waals surface area contributed by atoms with Crippen LogP contribution >= 0.6 is 11.6 Å². The molecule has 1 unspecified atom stereocenters. The molecule has 1 N–H and O–H groups in total. The highest BCUT2D eigenvalue weighted by Gasteiger charge is 2.32. The molecule has 0 aliphatic rings. The Kier molecular flexibility index (Phi) is 10.2. The van der Waals surface area contributed by atoms with Gasteiger partial charge in [-0.15, -0.1) is 0 Å². The highest BCUT2D eigenvalue weighted by molar-refractivity contribution is 7.92. The number of carbonyl (C=O) groups excluding carboxylic acids is 2. The Morgan fingerprint density at radius 3 is 2.37 bits per heavy atom. The average molecular weight is 558 g/mol. The van der Waals surface area contributed by atoms with Crippen LogP contribution in [-0.2, 0) is 26.2 Å². The minimum absolute atomic E-state index is 0.0331. The normalized spacial score (nSPS) is 11.9. The molecule has 0 spiro atoms. The molecule has 8 nitrogen and oxygen atoms in total. The number of nitrogens with one attached hydrogen (secondary N) is 1. The minimum Gasteiger partial charge on any atom is -0.497 e. The molecule has 10 heteroatoms. The van der Waals surface area contributed by atoms with E-state index in [1.54, 1.807) is 73.7 Å². The molecule has 0 heterocycles. The van der Waals surface area contributed by atoms with Crippen molar-refractivity contribution < 1.29 is 22.7 Å². The smallest absolute Gasteiger partial charge is 0.264 e. The van der Waals surface area contributed by atoms with Gasteiger partial charge in [0.05, 0.1) is 17.7 Å². The van der Waals surface area contributed by atoms with Crippen LogP contribution in [0.25, 0.3) is 0 Å². The van der Waals surface area contributed by atoms with Crippen LogP contribution in [0.4, 0.5) is 5.69 Å². The highest BCUT2D eigenvalue weighted by atomic mass is 35.5. The van der Waals surface area contributed by atoms with Crippen LogP contribution in [0, 0.1) is 0 Å². The number of methoxy groups -OCH3 is 1. The fourth-order valence-electron chi connectivity index (χ4n) is 3.82. The first-order chi connectivity index (χ1) is 18.2. The molecule has 0 saturated carbocycles. The van der Waals surface area contributed by atoms with Gasteiger partial charge in [0.25, 0.3) is 10.0 Å². The number of sulfonamides is 1. The van der Waals surface area contributed by atoms with Gasteiger partial charge in [0.1, 0.15) is 18.3 Å². The van der Waals surface area contributed by atoms with Crippen molar-refractivity contribution in [1.82, 2.24) is 10.2 Å². The quantitative estimate of drug-likeness (QED) is 0.354. The third kappa shape index (κ3) is 7.26. The summed E-state index contributed by atoms with van der Waals surface area (Å²) in [6, 6.07) is 20.5. The Morgan fingerprint density at radius 2 is 1.71 bits per heavy atom. The standard InChI is InChI=1S/C28H32ClN3O5S/c1-4-16-30-28(34)21(2)31(19-22-10-8-11-23(29)17-22)27(33)20-32(24-12-9-13-25(18-24)37-3)38(35,36)26-14-6-5-7-15-26/h5-15,17-18,21H,4,16,19-20H2,1-3H3,(H,30,34). The van der Waals surface area contributed by atoms with Crippen molar-refractivity contribution in [2.24, 2.45) is 0 Å². The van der Waals surface area contributed by atoms with Crippen molar-refractivity contribution in [3.05, 3.63) is 89.4 Å². The summed E-state index contributed by atoms with van der Waals surface area (Å²) < 4.78 is 33.8. The number of rotatable bonds is 12. The largest absolute Gasteiger partial charge is 0.497 e. The molecule has 0 aliphatic heterocycles. The molecule has 0 bridgehead atoms. The zero-order chi connectivity index (χ0) is 27.7. The number of halogens is 1. The van der Waals surface area contributed by atoms with Crippen molar-refractivity contribution in [2.75, 3.05) is 24.5 Å². The zero-order valence-electron chi connectivity index (χ0n) is 21.6. The van der Waals surface area contributed by atoms with Crippen LogP contribution in [0.1, 0.15) is 25.8 Å². The second-order valence-electron chi connectivity index (χ2n) is 8.64. The van der Waals surface area contributed by atoms with E-state index in [-0.39, 0.29) is 23.0 Å². The molecule has 0 radical (unpaired) electrons. The van der Waals surface area contributed by atoms with E-state index in [2.05, 4.69) is 5.32 Å². The third-order valence-corrected chi connectivity index (χ3v) is 7.93. The van der Waals surface area contributed by atoms with Gasteiger partial charge in [0.2, 0.25) is 11.8 Å². The van der Waals surface area contributed by atoms with E-state index in [1.165, 1.54) is 24.1 Å². The van der Waals surface area contributed by atoms with E-state index in [4.69, 9.17) is 16.3 Å². The maximum Gasteiger partial charge on any atom is 0.264 e. The monoisotopic (exact) mass is 557 g/mol. The van der Waals surface area contributed by atoms with Crippen LogP contribution in [0.15, 0.2) is 83.8 Å². The number of carbonyl (C=O) groups is 2.